The summed E-state index contributed by atoms with van der Waals surface area (Å²) >= 11 is 0. The number of sulfonamides is 1. The minimum absolute atomic E-state index is 0.227. The van der Waals surface area contributed by atoms with Crippen molar-refractivity contribution < 1.29 is 13.2 Å². The van der Waals surface area contributed by atoms with E-state index in [1.807, 2.05) is 0 Å². The van der Waals surface area contributed by atoms with Gasteiger partial charge in [-0.25, -0.2) is 12.7 Å². The molecular formula is C13H24N2O3S. The zero-order valence-electron chi connectivity index (χ0n) is 11.3. The summed E-state index contributed by atoms with van der Waals surface area (Å²) in [6, 6.07) is 0.270. The van der Waals surface area contributed by atoms with Gasteiger partial charge in [-0.15, -0.1) is 0 Å². The summed E-state index contributed by atoms with van der Waals surface area (Å²) in [6.45, 7) is 2.57. The first kappa shape index (κ1) is 13.8. The summed E-state index contributed by atoms with van der Waals surface area (Å²) in [5.74, 6) is 1.02. The molecule has 0 aromatic carbocycles. The second kappa shape index (κ2) is 5.31. The number of nitrogens with two attached hydrogens (primary N) is 1. The maximum Gasteiger partial charge on any atom is 0.217 e. The van der Waals surface area contributed by atoms with Crippen LogP contribution in [0.3, 0.4) is 0 Å². The van der Waals surface area contributed by atoms with Crippen LogP contribution in [0.25, 0.3) is 0 Å². The molecule has 0 spiro atoms. The molecule has 0 aromatic rings. The Bertz CT molecular complexity index is 420. The zero-order chi connectivity index (χ0) is 13.5. The molecular weight excluding hydrogens is 264 g/mol. The summed E-state index contributed by atoms with van der Waals surface area (Å²) in [6.07, 6.45) is 4.42. The molecule has 0 amide bonds. The Morgan fingerprint density at radius 3 is 2.42 bits per heavy atom. The molecule has 5 nitrogen and oxygen atoms in total. The van der Waals surface area contributed by atoms with Gasteiger partial charge < -0.3 is 10.5 Å². The SMILES string of the molecule is NC1CC[C@@H]2CN(S(=O)(=O)C3CCOCC3)C[C@@H]2C1. The van der Waals surface area contributed by atoms with Crippen molar-refractivity contribution in [2.75, 3.05) is 26.3 Å². The fraction of sp³-hybridized carbons (Fsp3) is 1.00. The molecule has 2 heterocycles. The number of rotatable bonds is 2. The lowest BCUT2D eigenvalue weighted by atomic mass is 9.79. The first-order valence-electron chi connectivity index (χ1n) is 7.39. The van der Waals surface area contributed by atoms with Crippen molar-refractivity contribution in [2.24, 2.45) is 17.6 Å². The van der Waals surface area contributed by atoms with Crippen LogP contribution in [0.1, 0.15) is 32.1 Å². The molecule has 1 aliphatic carbocycles. The van der Waals surface area contributed by atoms with E-state index in [0.717, 1.165) is 25.8 Å². The lowest BCUT2D eigenvalue weighted by Crippen LogP contribution is -2.40. The van der Waals surface area contributed by atoms with E-state index in [1.54, 1.807) is 4.31 Å². The van der Waals surface area contributed by atoms with Gasteiger partial charge in [0.15, 0.2) is 0 Å². The first-order chi connectivity index (χ1) is 9.07. The average molecular weight is 288 g/mol. The van der Waals surface area contributed by atoms with Crippen LogP contribution in [0, 0.1) is 11.8 Å². The lowest BCUT2D eigenvalue weighted by molar-refractivity contribution is 0.0973. The summed E-state index contributed by atoms with van der Waals surface area (Å²) in [5, 5.41) is -0.227. The van der Waals surface area contributed by atoms with Gasteiger partial charge in [-0.3, -0.25) is 0 Å². The third kappa shape index (κ3) is 2.68. The normalized spacial score (nSPS) is 38.3. The van der Waals surface area contributed by atoms with Gasteiger partial charge in [0, 0.05) is 32.3 Å². The highest BCUT2D eigenvalue weighted by Gasteiger charge is 2.43. The van der Waals surface area contributed by atoms with Crippen LogP contribution in [0.5, 0.6) is 0 Å². The van der Waals surface area contributed by atoms with Crippen molar-refractivity contribution in [3.8, 4) is 0 Å². The van der Waals surface area contributed by atoms with Crippen LogP contribution in [-0.4, -0.2) is 50.3 Å². The summed E-state index contributed by atoms with van der Waals surface area (Å²) < 4.78 is 32.3. The minimum Gasteiger partial charge on any atom is -0.381 e. The Labute approximate surface area is 115 Å². The molecule has 0 radical (unpaired) electrons. The van der Waals surface area contributed by atoms with Gasteiger partial charge in [0.1, 0.15) is 0 Å². The number of hydrogen-bond acceptors (Lipinski definition) is 4. The van der Waals surface area contributed by atoms with Gasteiger partial charge in [-0.1, -0.05) is 0 Å². The van der Waals surface area contributed by atoms with Crippen LogP contribution < -0.4 is 5.73 Å². The van der Waals surface area contributed by atoms with E-state index >= 15 is 0 Å². The highest BCUT2D eigenvalue weighted by molar-refractivity contribution is 7.89. The average Bonchev–Trinajstić information content (AvgIpc) is 2.83. The first-order valence-corrected chi connectivity index (χ1v) is 8.90. The van der Waals surface area contributed by atoms with Crippen LogP contribution >= 0.6 is 0 Å². The van der Waals surface area contributed by atoms with Crippen molar-refractivity contribution >= 4 is 10.0 Å². The van der Waals surface area contributed by atoms with Crippen LogP contribution in [0.2, 0.25) is 0 Å². The van der Waals surface area contributed by atoms with Gasteiger partial charge in [-0.2, -0.15) is 0 Å². The minimum atomic E-state index is -3.12. The van der Waals surface area contributed by atoms with Gasteiger partial charge in [-0.05, 0) is 43.9 Å². The summed E-state index contributed by atoms with van der Waals surface area (Å²) in [4.78, 5) is 0. The Hall–Kier alpha value is -0.170. The predicted octanol–water partition coefficient (Wildman–Crippen LogP) is 0.554. The lowest BCUT2D eigenvalue weighted by Gasteiger charge is -2.28. The molecule has 2 N–H and O–H groups in total. The summed E-state index contributed by atoms with van der Waals surface area (Å²) in [5.41, 5.74) is 6.00. The molecule has 3 aliphatic rings. The highest BCUT2D eigenvalue weighted by atomic mass is 32.2. The Balaban J connectivity index is 1.69. The Morgan fingerprint density at radius 1 is 1.00 bits per heavy atom. The molecule has 3 atom stereocenters. The monoisotopic (exact) mass is 288 g/mol. The van der Waals surface area contributed by atoms with E-state index in [4.69, 9.17) is 10.5 Å². The largest absolute Gasteiger partial charge is 0.381 e. The van der Waals surface area contributed by atoms with Crippen molar-refractivity contribution in [1.29, 1.82) is 0 Å². The number of hydrogen-bond donors (Lipinski definition) is 1. The number of nitrogens with zero attached hydrogens (tertiary/aromatic N) is 1. The fourth-order valence-electron chi connectivity index (χ4n) is 3.82. The van der Waals surface area contributed by atoms with E-state index in [1.165, 1.54) is 0 Å². The number of ether oxygens (including phenoxy) is 1. The zero-order valence-corrected chi connectivity index (χ0v) is 12.1. The topological polar surface area (TPSA) is 72.6 Å². The number of fused-ring (bicyclic) bond motifs is 1. The van der Waals surface area contributed by atoms with Crippen molar-refractivity contribution in [2.45, 2.75) is 43.4 Å². The van der Waals surface area contributed by atoms with Gasteiger partial charge in [0.05, 0.1) is 5.25 Å². The molecule has 1 saturated carbocycles. The molecule has 0 bridgehead atoms. The second-order valence-corrected chi connectivity index (χ2v) is 8.48. The van der Waals surface area contributed by atoms with Crippen LogP contribution in [0.15, 0.2) is 0 Å². The van der Waals surface area contributed by atoms with E-state index in [0.29, 0.717) is 44.4 Å². The molecule has 6 heteroatoms. The molecule has 110 valence electrons. The Kier molecular flexibility index (Phi) is 3.86. The molecule has 19 heavy (non-hydrogen) atoms. The van der Waals surface area contributed by atoms with Gasteiger partial charge in [0.2, 0.25) is 10.0 Å². The van der Waals surface area contributed by atoms with Crippen molar-refractivity contribution in [1.82, 2.24) is 4.31 Å². The molecule has 2 aliphatic heterocycles. The molecule has 3 rings (SSSR count). The van der Waals surface area contributed by atoms with Crippen LogP contribution in [-0.2, 0) is 14.8 Å². The van der Waals surface area contributed by atoms with Crippen molar-refractivity contribution in [3.63, 3.8) is 0 Å². The highest BCUT2D eigenvalue weighted by Crippen LogP contribution is 2.38. The maximum absolute atomic E-state index is 12.7. The van der Waals surface area contributed by atoms with Crippen LogP contribution in [0.4, 0.5) is 0 Å². The third-order valence-electron chi connectivity index (χ3n) is 5.01. The van der Waals surface area contributed by atoms with Gasteiger partial charge >= 0.3 is 0 Å². The van der Waals surface area contributed by atoms with E-state index < -0.39 is 10.0 Å². The second-order valence-electron chi connectivity index (χ2n) is 6.27. The molecule has 0 aromatic heterocycles. The predicted molar refractivity (Wildman–Crippen MR) is 73.1 cm³/mol. The quantitative estimate of drug-likeness (QED) is 0.805. The van der Waals surface area contributed by atoms with E-state index in [2.05, 4.69) is 0 Å². The van der Waals surface area contributed by atoms with Gasteiger partial charge in [0.25, 0.3) is 0 Å². The standard InChI is InChI=1S/C13H24N2O3S/c14-12-2-1-10-8-15(9-11(10)7-12)19(16,17)13-3-5-18-6-4-13/h10-13H,1-9,14H2/t10-,11+,12?/m1/s1. The van der Waals surface area contributed by atoms with E-state index in [9.17, 15) is 8.42 Å². The molecule has 2 saturated heterocycles. The van der Waals surface area contributed by atoms with Crippen molar-refractivity contribution in [3.05, 3.63) is 0 Å². The third-order valence-corrected chi connectivity index (χ3v) is 7.34. The summed E-state index contributed by atoms with van der Waals surface area (Å²) in [7, 11) is -3.12. The Morgan fingerprint density at radius 2 is 1.68 bits per heavy atom. The fourth-order valence-corrected chi connectivity index (χ4v) is 5.83. The smallest absolute Gasteiger partial charge is 0.217 e. The molecule has 3 fully saturated rings. The maximum atomic E-state index is 12.7. The molecule has 1 unspecified atom stereocenters. The van der Waals surface area contributed by atoms with E-state index in [-0.39, 0.29) is 11.3 Å².